The first-order valence-corrected chi connectivity index (χ1v) is 9.28. The molecule has 0 aromatic heterocycles. The first kappa shape index (κ1) is 17.3. The van der Waals surface area contributed by atoms with E-state index in [1.165, 1.54) is 24.8 Å². The predicted molar refractivity (Wildman–Crippen MR) is 96.1 cm³/mol. The summed E-state index contributed by atoms with van der Waals surface area (Å²) < 4.78 is 5.22. The van der Waals surface area contributed by atoms with Crippen molar-refractivity contribution in [3.63, 3.8) is 0 Å². The van der Waals surface area contributed by atoms with E-state index in [4.69, 9.17) is 10.5 Å². The zero-order valence-electron chi connectivity index (χ0n) is 14.8. The number of amides is 1. The number of methoxy groups -OCH3 is 1. The summed E-state index contributed by atoms with van der Waals surface area (Å²) in [5.41, 5.74) is 7.41. The summed E-state index contributed by atoms with van der Waals surface area (Å²) in [5.74, 6) is 1.63. The summed E-state index contributed by atoms with van der Waals surface area (Å²) in [5, 5.41) is 0. The van der Waals surface area contributed by atoms with Gasteiger partial charge < -0.3 is 15.4 Å². The van der Waals surface area contributed by atoms with Gasteiger partial charge in [0.15, 0.2) is 0 Å². The number of carbonyl (C=O) groups excluding carboxylic acids is 1. The maximum atomic E-state index is 12.8. The van der Waals surface area contributed by atoms with E-state index in [1.54, 1.807) is 7.11 Å². The molecule has 1 saturated heterocycles. The number of hydrogen-bond donors (Lipinski definition) is 1. The number of likely N-dealkylation sites (tertiary alicyclic amines) is 1. The van der Waals surface area contributed by atoms with Crippen molar-refractivity contribution in [2.75, 3.05) is 26.7 Å². The molecular weight excluding hydrogens is 300 g/mol. The SMILES string of the molecule is COc1ccc(C2CCN(C(=O)CC3(CN)CCCCC3)C2)cc1. The molecule has 1 aliphatic heterocycles. The van der Waals surface area contributed by atoms with Crippen molar-refractivity contribution in [1.82, 2.24) is 4.90 Å². The highest BCUT2D eigenvalue weighted by Gasteiger charge is 2.36. The Labute approximate surface area is 145 Å². The molecule has 1 unspecified atom stereocenters. The van der Waals surface area contributed by atoms with E-state index in [2.05, 4.69) is 17.0 Å². The van der Waals surface area contributed by atoms with Crippen molar-refractivity contribution in [3.05, 3.63) is 29.8 Å². The molecule has 2 aliphatic rings. The summed E-state index contributed by atoms with van der Waals surface area (Å²) in [7, 11) is 1.68. The number of rotatable bonds is 5. The van der Waals surface area contributed by atoms with Gasteiger partial charge in [0.05, 0.1) is 7.11 Å². The van der Waals surface area contributed by atoms with Crippen LogP contribution in [0.2, 0.25) is 0 Å². The van der Waals surface area contributed by atoms with E-state index in [0.29, 0.717) is 24.8 Å². The van der Waals surface area contributed by atoms with Gasteiger partial charge >= 0.3 is 0 Å². The Morgan fingerprint density at radius 2 is 1.96 bits per heavy atom. The first-order valence-electron chi connectivity index (χ1n) is 9.28. The molecule has 1 aromatic rings. The molecule has 24 heavy (non-hydrogen) atoms. The average molecular weight is 330 g/mol. The number of nitrogens with two attached hydrogens (primary N) is 1. The molecule has 1 saturated carbocycles. The Hall–Kier alpha value is -1.55. The van der Waals surface area contributed by atoms with Gasteiger partial charge in [-0.05, 0) is 48.9 Å². The number of hydrogen-bond acceptors (Lipinski definition) is 3. The molecule has 0 bridgehead atoms. The Bertz CT molecular complexity index is 549. The fourth-order valence-corrected chi connectivity index (χ4v) is 4.32. The molecule has 4 nitrogen and oxygen atoms in total. The van der Waals surface area contributed by atoms with Crippen LogP contribution in [0, 0.1) is 5.41 Å². The summed E-state index contributed by atoms with van der Waals surface area (Å²) in [4.78, 5) is 14.9. The van der Waals surface area contributed by atoms with Gasteiger partial charge in [0.1, 0.15) is 5.75 Å². The molecule has 132 valence electrons. The Morgan fingerprint density at radius 3 is 2.58 bits per heavy atom. The third-order valence-electron chi connectivity index (χ3n) is 6.00. The van der Waals surface area contributed by atoms with Crippen LogP contribution in [0.4, 0.5) is 0 Å². The summed E-state index contributed by atoms with van der Waals surface area (Å²) in [6, 6.07) is 8.26. The molecule has 0 radical (unpaired) electrons. The highest BCUT2D eigenvalue weighted by molar-refractivity contribution is 5.77. The summed E-state index contributed by atoms with van der Waals surface area (Å²) in [6.45, 7) is 2.36. The summed E-state index contributed by atoms with van der Waals surface area (Å²) >= 11 is 0. The Morgan fingerprint density at radius 1 is 1.25 bits per heavy atom. The van der Waals surface area contributed by atoms with Crippen molar-refractivity contribution in [1.29, 1.82) is 0 Å². The molecule has 1 aliphatic carbocycles. The topological polar surface area (TPSA) is 55.6 Å². The van der Waals surface area contributed by atoms with Crippen molar-refractivity contribution in [2.24, 2.45) is 11.1 Å². The quantitative estimate of drug-likeness (QED) is 0.901. The molecule has 1 heterocycles. The van der Waals surface area contributed by atoms with Crippen LogP contribution < -0.4 is 10.5 Å². The van der Waals surface area contributed by atoms with Crippen LogP contribution in [-0.2, 0) is 4.79 Å². The molecule has 2 N–H and O–H groups in total. The van der Waals surface area contributed by atoms with Crippen LogP contribution in [0.1, 0.15) is 56.4 Å². The van der Waals surface area contributed by atoms with Crippen molar-refractivity contribution in [3.8, 4) is 5.75 Å². The van der Waals surface area contributed by atoms with E-state index >= 15 is 0 Å². The number of carbonyl (C=O) groups is 1. The second kappa shape index (κ2) is 7.56. The van der Waals surface area contributed by atoms with Crippen LogP contribution in [0.3, 0.4) is 0 Å². The zero-order chi connectivity index (χ0) is 17.0. The maximum Gasteiger partial charge on any atom is 0.223 e. The van der Waals surface area contributed by atoms with Gasteiger partial charge in [-0.15, -0.1) is 0 Å². The minimum atomic E-state index is 0.0630. The minimum absolute atomic E-state index is 0.0630. The predicted octanol–water partition coefficient (Wildman–Crippen LogP) is 3.31. The molecule has 2 fully saturated rings. The van der Waals surface area contributed by atoms with Crippen molar-refractivity contribution >= 4 is 5.91 Å². The third kappa shape index (κ3) is 3.75. The normalized spacial score (nSPS) is 23.2. The second-order valence-electron chi connectivity index (χ2n) is 7.54. The van der Waals surface area contributed by atoms with Crippen molar-refractivity contribution < 1.29 is 9.53 Å². The molecule has 1 aromatic carbocycles. The lowest BCUT2D eigenvalue weighted by atomic mass is 9.71. The van der Waals surface area contributed by atoms with E-state index in [0.717, 1.165) is 38.1 Å². The van der Waals surface area contributed by atoms with Gasteiger partial charge in [0, 0.05) is 25.4 Å². The monoisotopic (exact) mass is 330 g/mol. The smallest absolute Gasteiger partial charge is 0.223 e. The van der Waals surface area contributed by atoms with Crippen LogP contribution in [0.15, 0.2) is 24.3 Å². The Kier molecular flexibility index (Phi) is 5.44. The number of ether oxygens (including phenoxy) is 1. The minimum Gasteiger partial charge on any atom is -0.497 e. The van der Waals surface area contributed by atoms with Gasteiger partial charge in [0.2, 0.25) is 5.91 Å². The lowest BCUT2D eigenvalue weighted by molar-refractivity contribution is -0.133. The standard InChI is InChI=1S/C20H30N2O2/c1-24-18-7-5-16(6-8-18)17-9-12-22(14-17)19(23)13-20(15-21)10-3-2-4-11-20/h5-8,17H,2-4,9-15,21H2,1H3. The van der Waals surface area contributed by atoms with Gasteiger partial charge in [-0.25, -0.2) is 0 Å². The Balaban J connectivity index is 1.58. The van der Waals surface area contributed by atoms with Crippen molar-refractivity contribution in [2.45, 2.75) is 50.9 Å². The zero-order valence-corrected chi connectivity index (χ0v) is 14.8. The fourth-order valence-electron chi connectivity index (χ4n) is 4.32. The molecular formula is C20H30N2O2. The number of nitrogens with zero attached hydrogens (tertiary/aromatic N) is 1. The van der Waals surface area contributed by atoms with Crippen LogP contribution in [0.25, 0.3) is 0 Å². The van der Waals surface area contributed by atoms with Crippen LogP contribution >= 0.6 is 0 Å². The van der Waals surface area contributed by atoms with E-state index in [-0.39, 0.29) is 5.41 Å². The molecule has 1 amide bonds. The average Bonchev–Trinajstić information content (AvgIpc) is 3.13. The van der Waals surface area contributed by atoms with Crippen LogP contribution in [0.5, 0.6) is 5.75 Å². The molecule has 4 heteroatoms. The second-order valence-corrected chi connectivity index (χ2v) is 7.54. The molecule has 3 rings (SSSR count). The first-order chi connectivity index (χ1) is 11.7. The van der Waals surface area contributed by atoms with Crippen LogP contribution in [-0.4, -0.2) is 37.6 Å². The largest absolute Gasteiger partial charge is 0.497 e. The highest BCUT2D eigenvalue weighted by Crippen LogP contribution is 2.39. The lowest BCUT2D eigenvalue weighted by Gasteiger charge is -2.36. The lowest BCUT2D eigenvalue weighted by Crippen LogP contribution is -2.39. The highest BCUT2D eigenvalue weighted by atomic mass is 16.5. The van der Waals surface area contributed by atoms with Gasteiger partial charge in [-0.3, -0.25) is 4.79 Å². The van der Waals surface area contributed by atoms with Gasteiger partial charge in [-0.2, -0.15) is 0 Å². The molecule has 0 spiro atoms. The fraction of sp³-hybridized carbons (Fsp3) is 0.650. The van der Waals surface area contributed by atoms with E-state index in [1.807, 2.05) is 12.1 Å². The van der Waals surface area contributed by atoms with E-state index < -0.39 is 0 Å². The van der Waals surface area contributed by atoms with Gasteiger partial charge in [0.25, 0.3) is 0 Å². The van der Waals surface area contributed by atoms with E-state index in [9.17, 15) is 4.79 Å². The third-order valence-corrected chi connectivity index (χ3v) is 6.00. The number of benzene rings is 1. The summed E-state index contributed by atoms with van der Waals surface area (Å²) in [6.07, 6.45) is 7.65. The van der Waals surface area contributed by atoms with Gasteiger partial charge in [-0.1, -0.05) is 31.4 Å². The maximum absolute atomic E-state index is 12.8. The molecule has 1 atom stereocenters.